The van der Waals surface area contributed by atoms with Gasteiger partial charge >= 0.3 is 6.18 Å². The van der Waals surface area contributed by atoms with E-state index < -0.39 is 11.7 Å². The Kier molecular flexibility index (Phi) is 5.43. The van der Waals surface area contributed by atoms with Crippen LogP contribution in [0.4, 0.5) is 13.2 Å². The predicted octanol–water partition coefficient (Wildman–Crippen LogP) is 6.22. The van der Waals surface area contributed by atoms with Crippen LogP contribution in [0.2, 0.25) is 0 Å². The van der Waals surface area contributed by atoms with Crippen LogP contribution < -0.4 is 5.32 Å². The van der Waals surface area contributed by atoms with Gasteiger partial charge < -0.3 is 5.32 Å². The fourth-order valence-corrected chi connectivity index (χ4v) is 3.00. The van der Waals surface area contributed by atoms with Crippen molar-refractivity contribution in [2.75, 3.05) is 6.54 Å². The smallest absolute Gasteiger partial charge is 0.307 e. The summed E-state index contributed by atoms with van der Waals surface area (Å²) < 4.78 is 38.2. The lowest BCUT2D eigenvalue weighted by molar-refractivity contribution is -0.137. The molecule has 0 aliphatic carbocycles. The Morgan fingerprint density at radius 3 is 2.50 bits per heavy atom. The van der Waals surface area contributed by atoms with Gasteiger partial charge in [-0.25, -0.2) is 0 Å². The van der Waals surface area contributed by atoms with E-state index in [1.807, 2.05) is 24.3 Å². The molecular formula is C22H20F3N. The quantitative estimate of drug-likeness (QED) is 0.573. The Hall–Kier alpha value is -2.59. The third kappa shape index (κ3) is 4.33. The van der Waals surface area contributed by atoms with E-state index in [0.717, 1.165) is 12.1 Å². The van der Waals surface area contributed by atoms with Crippen molar-refractivity contribution in [3.05, 3.63) is 89.5 Å². The summed E-state index contributed by atoms with van der Waals surface area (Å²) in [5, 5.41) is 5.80. The molecule has 0 aliphatic heterocycles. The van der Waals surface area contributed by atoms with Crippen LogP contribution in [-0.2, 0) is 6.18 Å². The average Bonchev–Trinajstić information content (AvgIpc) is 2.64. The summed E-state index contributed by atoms with van der Waals surface area (Å²) in [6.07, 6.45) is -0.764. The van der Waals surface area contributed by atoms with Crippen molar-refractivity contribution < 1.29 is 13.2 Å². The van der Waals surface area contributed by atoms with E-state index in [9.17, 15) is 13.2 Å². The summed E-state index contributed by atoms with van der Waals surface area (Å²) in [7, 11) is 0. The number of hydrogen-bond acceptors (Lipinski definition) is 1. The number of halogens is 3. The zero-order valence-corrected chi connectivity index (χ0v) is 14.4. The van der Waals surface area contributed by atoms with Crippen molar-refractivity contribution in [2.24, 2.45) is 0 Å². The van der Waals surface area contributed by atoms with E-state index in [2.05, 4.69) is 36.5 Å². The van der Waals surface area contributed by atoms with Gasteiger partial charge in [0.25, 0.3) is 0 Å². The number of fused-ring (bicyclic) bond motifs is 1. The molecule has 134 valence electrons. The fourth-order valence-electron chi connectivity index (χ4n) is 3.00. The summed E-state index contributed by atoms with van der Waals surface area (Å²) in [6, 6.07) is 19.9. The zero-order valence-electron chi connectivity index (χ0n) is 14.4. The lowest BCUT2D eigenvalue weighted by atomic mass is 10.00. The van der Waals surface area contributed by atoms with E-state index in [0.29, 0.717) is 12.1 Å². The topological polar surface area (TPSA) is 12.0 Å². The standard InChI is InChI=1S/C22H20F3N/c1-16(20-13-5-10-18-9-2-3-12-21(18)20)26-14-6-8-17-7-4-11-19(15-17)22(23,24)25/h2-13,15-16,26H,14H2,1H3/b8-6-/t16-/m1/s1. The minimum Gasteiger partial charge on any atom is -0.307 e. The van der Waals surface area contributed by atoms with Crippen LogP contribution in [0, 0.1) is 0 Å². The molecule has 0 saturated heterocycles. The van der Waals surface area contributed by atoms with Gasteiger partial charge in [-0.2, -0.15) is 13.2 Å². The molecular weight excluding hydrogens is 335 g/mol. The van der Waals surface area contributed by atoms with E-state index in [1.54, 1.807) is 12.1 Å². The molecule has 0 fully saturated rings. The van der Waals surface area contributed by atoms with Gasteiger partial charge in [0.1, 0.15) is 0 Å². The van der Waals surface area contributed by atoms with Crippen molar-refractivity contribution in [1.29, 1.82) is 0 Å². The normalized spacial score (nSPS) is 13.4. The first-order valence-corrected chi connectivity index (χ1v) is 8.50. The molecule has 3 rings (SSSR count). The first-order valence-electron chi connectivity index (χ1n) is 8.50. The summed E-state index contributed by atoms with van der Waals surface area (Å²) in [4.78, 5) is 0. The lowest BCUT2D eigenvalue weighted by Crippen LogP contribution is -2.18. The molecule has 0 aromatic heterocycles. The Balaban J connectivity index is 1.65. The Morgan fingerprint density at radius 2 is 1.69 bits per heavy atom. The van der Waals surface area contributed by atoms with Gasteiger partial charge in [0.15, 0.2) is 0 Å². The maximum Gasteiger partial charge on any atom is 0.416 e. The summed E-state index contributed by atoms with van der Waals surface area (Å²) in [5.74, 6) is 0. The fraction of sp³-hybridized carbons (Fsp3) is 0.182. The Labute approximate surface area is 151 Å². The highest BCUT2D eigenvalue weighted by atomic mass is 19.4. The Morgan fingerprint density at radius 1 is 0.962 bits per heavy atom. The van der Waals surface area contributed by atoms with Gasteiger partial charge in [0.05, 0.1) is 5.56 Å². The second-order valence-corrected chi connectivity index (χ2v) is 6.22. The van der Waals surface area contributed by atoms with Gasteiger partial charge in [-0.15, -0.1) is 0 Å². The molecule has 0 bridgehead atoms. The largest absolute Gasteiger partial charge is 0.416 e. The number of hydrogen-bond donors (Lipinski definition) is 1. The van der Waals surface area contributed by atoms with Crippen LogP contribution in [0.5, 0.6) is 0 Å². The molecule has 4 heteroatoms. The number of alkyl halides is 3. The van der Waals surface area contributed by atoms with Crippen LogP contribution in [0.1, 0.15) is 29.7 Å². The van der Waals surface area contributed by atoms with Crippen molar-refractivity contribution >= 4 is 16.8 Å². The molecule has 0 radical (unpaired) electrons. The number of benzene rings is 3. The van der Waals surface area contributed by atoms with Gasteiger partial charge in [-0.3, -0.25) is 0 Å². The predicted molar refractivity (Wildman–Crippen MR) is 101 cm³/mol. The van der Waals surface area contributed by atoms with Crippen LogP contribution >= 0.6 is 0 Å². The van der Waals surface area contributed by atoms with Crippen LogP contribution in [0.15, 0.2) is 72.8 Å². The minimum atomic E-state index is -4.31. The molecule has 0 aliphatic rings. The van der Waals surface area contributed by atoms with Crippen molar-refractivity contribution in [1.82, 2.24) is 5.32 Å². The molecule has 3 aromatic rings. The molecule has 1 atom stereocenters. The van der Waals surface area contributed by atoms with Gasteiger partial charge in [0.2, 0.25) is 0 Å². The van der Waals surface area contributed by atoms with Gasteiger partial charge in [0, 0.05) is 12.6 Å². The van der Waals surface area contributed by atoms with E-state index >= 15 is 0 Å². The van der Waals surface area contributed by atoms with Gasteiger partial charge in [-0.05, 0) is 41.0 Å². The van der Waals surface area contributed by atoms with Crippen LogP contribution in [0.3, 0.4) is 0 Å². The molecule has 1 N–H and O–H groups in total. The third-order valence-corrected chi connectivity index (χ3v) is 4.36. The van der Waals surface area contributed by atoms with E-state index in [1.165, 1.54) is 22.4 Å². The van der Waals surface area contributed by atoms with Crippen LogP contribution in [0.25, 0.3) is 16.8 Å². The average molecular weight is 355 g/mol. The summed E-state index contributed by atoms with van der Waals surface area (Å²) in [5.41, 5.74) is 1.12. The molecule has 0 saturated carbocycles. The number of nitrogens with one attached hydrogen (secondary N) is 1. The number of rotatable bonds is 5. The molecule has 1 nitrogen and oxygen atoms in total. The molecule has 26 heavy (non-hydrogen) atoms. The lowest BCUT2D eigenvalue weighted by Gasteiger charge is -2.15. The second kappa shape index (κ2) is 7.75. The highest BCUT2D eigenvalue weighted by Gasteiger charge is 2.30. The monoisotopic (exact) mass is 355 g/mol. The minimum absolute atomic E-state index is 0.132. The molecule has 0 heterocycles. The maximum atomic E-state index is 12.7. The van der Waals surface area contributed by atoms with Gasteiger partial charge in [-0.1, -0.05) is 66.7 Å². The van der Waals surface area contributed by atoms with Crippen molar-refractivity contribution in [3.8, 4) is 0 Å². The second-order valence-electron chi connectivity index (χ2n) is 6.22. The van der Waals surface area contributed by atoms with Crippen molar-refractivity contribution in [2.45, 2.75) is 19.1 Å². The summed E-state index contributed by atoms with van der Waals surface area (Å²) in [6.45, 7) is 2.65. The van der Waals surface area contributed by atoms with E-state index in [4.69, 9.17) is 0 Å². The van der Waals surface area contributed by atoms with Crippen LogP contribution in [-0.4, -0.2) is 6.54 Å². The SMILES string of the molecule is C[C@@H](NC/C=C\c1cccc(C(F)(F)F)c1)c1cccc2ccccc12. The molecule has 0 unspecified atom stereocenters. The molecule has 0 spiro atoms. The first-order chi connectivity index (χ1) is 12.4. The highest BCUT2D eigenvalue weighted by Crippen LogP contribution is 2.29. The molecule has 3 aromatic carbocycles. The van der Waals surface area contributed by atoms with Crippen molar-refractivity contribution in [3.63, 3.8) is 0 Å². The molecule has 0 amide bonds. The summed E-state index contributed by atoms with van der Waals surface area (Å²) >= 11 is 0. The highest BCUT2D eigenvalue weighted by molar-refractivity contribution is 5.86. The van der Waals surface area contributed by atoms with E-state index in [-0.39, 0.29) is 6.04 Å². The zero-order chi connectivity index (χ0) is 18.6. The Bertz CT molecular complexity index is 907. The maximum absolute atomic E-state index is 12.7. The first kappa shape index (κ1) is 18.2. The third-order valence-electron chi connectivity index (χ3n) is 4.36.